The van der Waals surface area contributed by atoms with E-state index in [4.69, 9.17) is 0 Å². The summed E-state index contributed by atoms with van der Waals surface area (Å²) in [4.78, 5) is 29.5. The van der Waals surface area contributed by atoms with Crippen LogP contribution in [0.25, 0.3) is 0 Å². The van der Waals surface area contributed by atoms with Gasteiger partial charge >= 0.3 is 0 Å². The lowest BCUT2D eigenvalue weighted by Crippen LogP contribution is -2.54. The number of hydrogen-bond donors (Lipinski definition) is 1. The molecule has 0 radical (unpaired) electrons. The predicted molar refractivity (Wildman–Crippen MR) is 174 cm³/mol. The molecule has 0 aliphatic carbocycles. The van der Waals surface area contributed by atoms with Gasteiger partial charge in [-0.15, -0.1) is 0 Å². The Morgan fingerprint density at radius 1 is 0.841 bits per heavy atom. The summed E-state index contributed by atoms with van der Waals surface area (Å²) in [5.41, 5.74) is 1.88. The van der Waals surface area contributed by atoms with Crippen molar-refractivity contribution in [3.05, 3.63) is 131 Å². The first kappa shape index (κ1) is 32.9. The van der Waals surface area contributed by atoms with Crippen molar-refractivity contribution in [2.75, 3.05) is 10.8 Å². The molecule has 7 nitrogen and oxygen atoms in total. The molecule has 4 aromatic rings. The lowest BCUT2D eigenvalue weighted by Gasteiger charge is -2.34. The number of nitrogens with zero attached hydrogens (tertiary/aromatic N) is 2. The van der Waals surface area contributed by atoms with Crippen molar-refractivity contribution in [2.45, 2.75) is 50.2 Å². The van der Waals surface area contributed by atoms with Crippen LogP contribution in [0.15, 0.2) is 119 Å². The maximum atomic E-state index is 14.4. The molecule has 4 aromatic carbocycles. The highest BCUT2D eigenvalue weighted by molar-refractivity contribution is 9.10. The number of para-hydroxylation sites is 1. The average Bonchev–Trinajstić information content (AvgIpc) is 3.03. The summed E-state index contributed by atoms with van der Waals surface area (Å²) in [5, 5.41) is 3.02. The molecule has 0 heterocycles. The second-order valence-corrected chi connectivity index (χ2v) is 13.3. The van der Waals surface area contributed by atoms with Crippen molar-refractivity contribution in [1.29, 1.82) is 0 Å². The van der Waals surface area contributed by atoms with E-state index >= 15 is 0 Å². The number of amides is 2. The summed E-state index contributed by atoms with van der Waals surface area (Å²) >= 11 is 3.44. The zero-order chi connectivity index (χ0) is 31.7. The van der Waals surface area contributed by atoms with Gasteiger partial charge in [-0.2, -0.15) is 0 Å². The smallest absolute Gasteiger partial charge is 0.264 e. The third kappa shape index (κ3) is 8.54. The van der Waals surface area contributed by atoms with Crippen molar-refractivity contribution < 1.29 is 22.4 Å². The SMILES string of the molecule is CCC(C)NC(=O)C(Cc1ccccc1)N(Cc1ccc(Br)cc1)C(=O)CN(c1ccccc1)S(=O)(=O)c1ccc(F)cc1. The minimum atomic E-state index is -4.29. The van der Waals surface area contributed by atoms with Gasteiger partial charge in [0.25, 0.3) is 10.0 Å². The molecule has 2 atom stereocenters. The van der Waals surface area contributed by atoms with E-state index < -0.39 is 34.3 Å². The second kappa shape index (κ2) is 15.1. The summed E-state index contributed by atoms with van der Waals surface area (Å²) < 4.78 is 43.4. The van der Waals surface area contributed by atoms with E-state index in [1.165, 1.54) is 17.0 Å². The van der Waals surface area contributed by atoms with Crippen LogP contribution >= 0.6 is 15.9 Å². The van der Waals surface area contributed by atoms with Crippen LogP contribution in [0.4, 0.5) is 10.1 Å². The van der Waals surface area contributed by atoms with Crippen LogP contribution in [0.1, 0.15) is 31.4 Å². The van der Waals surface area contributed by atoms with E-state index in [1.54, 1.807) is 30.3 Å². The Kier molecular flexibility index (Phi) is 11.3. The number of carbonyl (C=O) groups is 2. The summed E-state index contributed by atoms with van der Waals surface area (Å²) in [5.74, 6) is -1.48. The largest absolute Gasteiger partial charge is 0.352 e. The van der Waals surface area contributed by atoms with Gasteiger partial charge in [0.05, 0.1) is 10.6 Å². The molecule has 0 saturated carbocycles. The molecule has 0 aromatic heterocycles. The van der Waals surface area contributed by atoms with E-state index in [-0.39, 0.29) is 35.5 Å². The highest BCUT2D eigenvalue weighted by Crippen LogP contribution is 2.25. The molecule has 0 aliphatic heterocycles. The normalized spacial score (nSPS) is 12.6. The Labute approximate surface area is 266 Å². The van der Waals surface area contributed by atoms with Gasteiger partial charge in [-0.1, -0.05) is 83.5 Å². The molecule has 0 fully saturated rings. The summed E-state index contributed by atoms with van der Waals surface area (Å²) in [6.45, 7) is 3.34. The zero-order valence-electron chi connectivity index (χ0n) is 24.6. The van der Waals surface area contributed by atoms with E-state index in [0.717, 1.165) is 32.0 Å². The fraction of sp³-hybridized carbons (Fsp3) is 0.235. The van der Waals surface area contributed by atoms with Crippen LogP contribution in [0.5, 0.6) is 0 Å². The first-order valence-corrected chi connectivity index (χ1v) is 16.5. The van der Waals surface area contributed by atoms with Gasteiger partial charge in [-0.05, 0) is 73.0 Å². The van der Waals surface area contributed by atoms with Gasteiger partial charge in [-0.25, -0.2) is 12.8 Å². The minimum Gasteiger partial charge on any atom is -0.352 e. The third-order valence-electron chi connectivity index (χ3n) is 7.26. The van der Waals surface area contributed by atoms with Crippen LogP contribution in [0.3, 0.4) is 0 Å². The Bertz CT molecular complexity index is 1640. The fourth-order valence-corrected chi connectivity index (χ4v) is 6.32. The first-order chi connectivity index (χ1) is 21.1. The number of anilines is 1. The minimum absolute atomic E-state index is 0.0662. The third-order valence-corrected chi connectivity index (χ3v) is 9.58. The van der Waals surface area contributed by atoms with E-state index in [2.05, 4.69) is 21.2 Å². The van der Waals surface area contributed by atoms with Gasteiger partial charge in [0, 0.05) is 23.5 Å². The second-order valence-electron chi connectivity index (χ2n) is 10.5. The number of carbonyl (C=O) groups excluding carboxylic acids is 2. The number of sulfonamides is 1. The van der Waals surface area contributed by atoms with Crippen LogP contribution < -0.4 is 9.62 Å². The van der Waals surface area contributed by atoms with Crippen LogP contribution in [0.2, 0.25) is 0 Å². The Hall–Kier alpha value is -4.02. The first-order valence-electron chi connectivity index (χ1n) is 14.3. The molecule has 230 valence electrons. The van der Waals surface area contributed by atoms with E-state index in [0.29, 0.717) is 6.42 Å². The van der Waals surface area contributed by atoms with Gasteiger partial charge in [0.15, 0.2) is 0 Å². The topological polar surface area (TPSA) is 86.8 Å². The summed E-state index contributed by atoms with van der Waals surface area (Å²) in [7, 11) is -4.29. The Morgan fingerprint density at radius 2 is 1.43 bits per heavy atom. The molecule has 2 amide bonds. The van der Waals surface area contributed by atoms with E-state index in [9.17, 15) is 22.4 Å². The molecule has 1 N–H and O–H groups in total. The van der Waals surface area contributed by atoms with Crippen molar-refractivity contribution in [3.63, 3.8) is 0 Å². The molecular weight excluding hydrogens is 645 g/mol. The van der Waals surface area contributed by atoms with Crippen molar-refractivity contribution >= 4 is 43.5 Å². The highest BCUT2D eigenvalue weighted by atomic mass is 79.9. The molecule has 0 spiro atoms. The van der Waals surface area contributed by atoms with Gasteiger partial charge in [-0.3, -0.25) is 13.9 Å². The van der Waals surface area contributed by atoms with Crippen molar-refractivity contribution in [3.8, 4) is 0 Å². The van der Waals surface area contributed by atoms with Crippen LogP contribution in [0, 0.1) is 5.82 Å². The lowest BCUT2D eigenvalue weighted by atomic mass is 10.0. The van der Waals surface area contributed by atoms with Crippen LogP contribution in [-0.4, -0.2) is 43.8 Å². The molecule has 10 heteroatoms. The molecule has 0 saturated heterocycles. The maximum absolute atomic E-state index is 14.4. The number of nitrogens with one attached hydrogen (secondary N) is 1. The number of benzene rings is 4. The number of halogens is 2. The van der Waals surface area contributed by atoms with E-state index in [1.807, 2.05) is 68.4 Å². The molecule has 0 aliphatic rings. The monoisotopic (exact) mass is 679 g/mol. The number of hydrogen-bond acceptors (Lipinski definition) is 4. The fourth-order valence-electron chi connectivity index (χ4n) is 4.64. The Balaban J connectivity index is 1.78. The average molecular weight is 681 g/mol. The van der Waals surface area contributed by atoms with Crippen molar-refractivity contribution in [1.82, 2.24) is 10.2 Å². The molecule has 44 heavy (non-hydrogen) atoms. The molecule has 2 unspecified atom stereocenters. The summed E-state index contributed by atoms with van der Waals surface area (Å²) in [6, 6.07) is 28.4. The standard InChI is InChI=1S/C34H35BrFN3O4S/c1-3-25(2)37-34(41)32(22-26-10-6-4-7-11-26)38(23-27-14-16-28(35)17-15-27)33(40)24-39(30-12-8-5-9-13-30)44(42,43)31-20-18-29(36)19-21-31/h4-21,25,32H,3,22-24H2,1-2H3,(H,37,41). The quantitative estimate of drug-likeness (QED) is 0.179. The molecule has 0 bridgehead atoms. The predicted octanol–water partition coefficient (Wildman–Crippen LogP) is 6.34. The number of rotatable bonds is 13. The molecular formula is C34H35BrFN3O4S. The zero-order valence-corrected chi connectivity index (χ0v) is 27.0. The van der Waals surface area contributed by atoms with Gasteiger partial charge < -0.3 is 10.2 Å². The van der Waals surface area contributed by atoms with Crippen molar-refractivity contribution in [2.24, 2.45) is 0 Å². The van der Waals surface area contributed by atoms with Gasteiger partial charge in [0.2, 0.25) is 11.8 Å². The highest BCUT2D eigenvalue weighted by Gasteiger charge is 2.35. The van der Waals surface area contributed by atoms with Crippen LogP contribution in [-0.2, 0) is 32.6 Å². The van der Waals surface area contributed by atoms with Gasteiger partial charge in [0.1, 0.15) is 18.4 Å². The summed E-state index contributed by atoms with van der Waals surface area (Å²) in [6.07, 6.45) is 0.920. The maximum Gasteiger partial charge on any atom is 0.264 e. The Morgan fingerprint density at radius 3 is 2.02 bits per heavy atom. The lowest BCUT2D eigenvalue weighted by molar-refractivity contribution is -0.140. The molecule has 4 rings (SSSR count).